The number of hydrogen-bond donors (Lipinski definition) is 0. The summed E-state index contributed by atoms with van der Waals surface area (Å²) in [7, 11) is 0. The zero-order chi connectivity index (χ0) is 24.9. The molecule has 5 aromatic rings. The third-order valence-corrected chi connectivity index (χ3v) is 5.83. The van der Waals surface area contributed by atoms with E-state index in [4.69, 9.17) is 21.3 Å². The molecule has 36 heavy (non-hydrogen) atoms. The number of fused-ring (bicyclic) bond motifs is 1. The van der Waals surface area contributed by atoms with Gasteiger partial charge in [-0.3, -0.25) is 4.79 Å². The average molecular weight is 491 g/mol. The van der Waals surface area contributed by atoms with Crippen molar-refractivity contribution in [2.45, 2.75) is 6.61 Å². The summed E-state index contributed by atoms with van der Waals surface area (Å²) < 4.78 is 7.31. The van der Waals surface area contributed by atoms with Gasteiger partial charge in [-0.2, -0.15) is 15.0 Å². The van der Waals surface area contributed by atoms with Crippen molar-refractivity contribution in [3.63, 3.8) is 0 Å². The highest BCUT2D eigenvalue weighted by atomic mass is 35.5. The van der Waals surface area contributed by atoms with Gasteiger partial charge in [0.25, 0.3) is 5.56 Å². The van der Waals surface area contributed by atoms with Crippen molar-refractivity contribution in [3.05, 3.63) is 129 Å². The number of nitrogens with zero attached hydrogens (tertiary/aromatic N) is 4. The zero-order valence-corrected chi connectivity index (χ0v) is 19.8. The van der Waals surface area contributed by atoms with Gasteiger partial charge in [0.05, 0.1) is 28.8 Å². The lowest BCUT2D eigenvalue weighted by Gasteiger charge is -2.12. The standard InChI is InChI=1S/C29H19ClN4O2/c30-24-14-15-27(36-19-22-11-5-4-10-21(22)17-31)23(16-24)18-32-34-28(20-8-2-1-3-9-20)33-26-13-7-6-12-25(26)29(34)35/h1-16,18H,19H2. The van der Waals surface area contributed by atoms with Crippen molar-refractivity contribution >= 4 is 28.7 Å². The molecule has 0 aliphatic rings. The predicted octanol–water partition coefficient (Wildman–Crippen LogP) is 6.05. The quantitative estimate of drug-likeness (QED) is 0.271. The molecule has 7 heteroatoms. The van der Waals surface area contributed by atoms with Crippen LogP contribution >= 0.6 is 11.6 Å². The first-order valence-corrected chi connectivity index (χ1v) is 11.5. The van der Waals surface area contributed by atoms with E-state index < -0.39 is 0 Å². The van der Waals surface area contributed by atoms with E-state index in [1.165, 1.54) is 10.9 Å². The number of halogens is 1. The summed E-state index contributed by atoms with van der Waals surface area (Å²) in [5, 5.41) is 14.8. The van der Waals surface area contributed by atoms with E-state index in [1.54, 1.807) is 42.5 Å². The van der Waals surface area contributed by atoms with Crippen molar-refractivity contribution in [2.75, 3.05) is 0 Å². The van der Waals surface area contributed by atoms with E-state index in [1.807, 2.05) is 54.6 Å². The van der Waals surface area contributed by atoms with Crippen LogP contribution in [0.4, 0.5) is 0 Å². The van der Waals surface area contributed by atoms with Crippen LogP contribution in [0.1, 0.15) is 16.7 Å². The van der Waals surface area contributed by atoms with Crippen LogP contribution in [0.25, 0.3) is 22.3 Å². The van der Waals surface area contributed by atoms with E-state index >= 15 is 0 Å². The molecule has 0 saturated carbocycles. The highest BCUT2D eigenvalue weighted by Gasteiger charge is 2.13. The molecule has 6 nitrogen and oxygen atoms in total. The summed E-state index contributed by atoms with van der Waals surface area (Å²) in [6, 6.07) is 31.2. The number of para-hydroxylation sites is 1. The summed E-state index contributed by atoms with van der Waals surface area (Å²) in [4.78, 5) is 18.1. The second-order valence-electron chi connectivity index (χ2n) is 7.92. The highest BCUT2D eigenvalue weighted by molar-refractivity contribution is 6.30. The fourth-order valence-electron chi connectivity index (χ4n) is 3.79. The Hall–Kier alpha value is -4.73. The van der Waals surface area contributed by atoms with Crippen LogP contribution in [-0.4, -0.2) is 15.9 Å². The summed E-state index contributed by atoms with van der Waals surface area (Å²) in [5.41, 5.74) is 2.95. The largest absolute Gasteiger partial charge is 0.488 e. The van der Waals surface area contributed by atoms with E-state index in [2.05, 4.69) is 11.2 Å². The highest BCUT2D eigenvalue weighted by Crippen LogP contribution is 2.24. The van der Waals surface area contributed by atoms with Gasteiger partial charge in [-0.05, 0) is 36.4 Å². The van der Waals surface area contributed by atoms with Gasteiger partial charge in [0.2, 0.25) is 0 Å². The predicted molar refractivity (Wildman–Crippen MR) is 141 cm³/mol. The number of hydrogen-bond acceptors (Lipinski definition) is 5. The molecule has 0 amide bonds. The van der Waals surface area contributed by atoms with Crippen LogP contribution in [0.15, 0.2) is 107 Å². The van der Waals surface area contributed by atoms with Gasteiger partial charge in [-0.1, -0.05) is 72.3 Å². The number of nitriles is 1. The summed E-state index contributed by atoms with van der Waals surface area (Å²) in [6.45, 7) is 0.193. The Bertz CT molecular complexity index is 1690. The average Bonchev–Trinajstić information content (AvgIpc) is 2.92. The molecule has 0 unspecified atom stereocenters. The van der Waals surface area contributed by atoms with Gasteiger partial charge in [-0.15, -0.1) is 0 Å². The molecular formula is C29H19ClN4O2. The molecule has 0 bridgehead atoms. The molecule has 0 atom stereocenters. The van der Waals surface area contributed by atoms with Crippen molar-refractivity contribution in [3.8, 4) is 23.2 Å². The number of aromatic nitrogens is 2. The van der Waals surface area contributed by atoms with Crippen LogP contribution in [0.5, 0.6) is 5.75 Å². The fraction of sp³-hybridized carbons (Fsp3) is 0.0345. The van der Waals surface area contributed by atoms with Gasteiger partial charge in [0, 0.05) is 21.7 Å². The van der Waals surface area contributed by atoms with Crippen LogP contribution in [0, 0.1) is 11.3 Å². The van der Waals surface area contributed by atoms with Gasteiger partial charge < -0.3 is 4.74 Å². The minimum absolute atomic E-state index is 0.193. The molecule has 0 aliphatic carbocycles. The molecule has 1 heterocycles. The molecule has 174 valence electrons. The van der Waals surface area contributed by atoms with Crippen LogP contribution < -0.4 is 10.3 Å². The maximum Gasteiger partial charge on any atom is 0.282 e. The first kappa shape index (κ1) is 23.0. The van der Waals surface area contributed by atoms with Crippen molar-refractivity contribution in [2.24, 2.45) is 5.10 Å². The Balaban J connectivity index is 1.56. The molecule has 0 saturated heterocycles. The van der Waals surface area contributed by atoms with Gasteiger partial charge in [0.15, 0.2) is 5.82 Å². The van der Waals surface area contributed by atoms with Crippen molar-refractivity contribution in [1.82, 2.24) is 9.66 Å². The Morgan fingerprint density at radius 1 is 0.972 bits per heavy atom. The minimum atomic E-state index is -0.289. The summed E-state index contributed by atoms with van der Waals surface area (Å²) in [5.74, 6) is 0.932. The normalized spacial score (nSPS) is 11.0. The summed E-state index contributed by atoms with van der Waals surface area (Å²) >= 11 is 6.26. The number of benzene rings is 4. The van der Waals surface area contributed by atoms with Crippen LogP contribution in [0.2, 0.25) is 5.02 Å². The van der Waals surface area contributed by atoms with Crippen molar-refractivity contribution < 1.29 is 4.74 Å². The summed E-state index contributed by atoms with van der Waals surface area (Å²) in [6.07, 6.45) is 1.53. The lowest BCUT2D eigenvalue weighted by atomic mass is 10.1. The first-order valence-electron chi connectivity index (χ1n) is 11.2. The maximum atomic E-state index is 13.4. The van der Waals surface area contributed by atoms with E-state index in [0.29, 0.717) is 38.6 Å². The Kier molecular flexibility index (Phi) is 6.57. The van der Waals surface area contributed by atoms with Crippen LogP contribution in [0.3, 0.4) is 0 Å². The molecule has 1 aromatic heterocycles. The van der Waals surface area contributed by atoms with Gasteiger partial charge >= 0.3 is 0 Å². The van der Waals surface area contributed by atoms with E-state index in [0.717, 1.165) is 11.1 Å². The topological polar surface area (TPSA) is 80.3 Å². The molecule has 0 radical (unpaired) electrons. The van der Waals surface area contributed by atoms with E-state index in [-0.39, 0.29) is 12.2 Å². The first-order chi connectivity index (χ1) is 17.6. The molecule has 0 fully saturated rings. The molecule has 4 aromatic carbocycles. The molecule has 0 N–H and O–H groups in total. The third-order valence-electron chi connectivity index (χ3n) is 5.59. The maximum absolute atomic E-state index is 13.4. The van der Waals surface area contributed by atoms with Crippen molar-refractivity contribution in [1.29, 1.82) is 5.26 Å². The molecule has 5 rings (SSSR count). The van der Waals surface area contributed by atoms with Crippen LogP contribution in [-0.2, 0) is 6.61 Å². The monoisotopic (exact) mass is 490 g/mol. The molecule has 0 aliphatic heterocycles. The SMILES string of the molecule is N#Cc1ccccc1COc1ccc(Cl)cc1C=Nn1c(-c2ccccc2)nc2ccccc2c1=O. The third kappa shape index (κ3) is 4.74. The lowest BCUT2D eigenvalue weighted by molar-refractivity contribution is 0.305. The number of rotatable bonds is 6. The lowest BCUT2D eigenvalue weighted by Crippen LogP contribution is -2.20. The zero-order valence-electron chi connectivity index (χ0n) is 19.0. The smallest absolute Gasteiger partial charge is 0.282 e. The number of ether oxygens (including phenoxy) is 1. The molecular weight excluding hydrogens is 472 g/mol. The van der Waals surface area contributed by atoms with Gasteiger partial charge in [-0.25, -0.2) is 4.98 Å². The Morgan fingerprint density at radius 2 is 1.72 bits per heavy atom. The van der Waals surface area contributed by atoms with E-state index in [9.17, 15) is 10.1 Å². The second-order valence-corrected chi connectivity index (χ2v) is 8.36. The van der Waals surface area contributed by atoms with Gasteiger partial charge in [0.1, 0.15) is 12.4 Å². The fourth-order valence-corrected chi connectivity index (χ4v) is 3.97. The Morgan fingerprint density at radius 3 is 2.56 bits per heavy atom. The Labute approximate surface area is 212 Å². The second kappa shape index (κ2) is 10.3. The molecule has 0 spiro atoms. The minimum Gasteiger partial charge on any atom is -0.488 e.